The number of aliphatic hydroxyl groups is 1. The van der Waals surface area contributed by atoms with E-state index >= 15 is 0 Å². The number of urea groups is 1. The third-order valence-corrected chi connectivity index (χ3v) is 3.79. The van der Waals surface area contributed by atoms with Crippen LogP contribution >= 0.6 is 11.6 Å². The zero-order chi connectivity index (χ0) is 17.0. The number of hydrogen-bond acceptors (Lipinski definition) is 3. The lowest BCUT2D eigenvalue weighted by atomic mass is 10.1. The normalized spacial score (nSPS) is 11.8. The van der Waals surface area contributed by atoms with Crippen LogP contribution in [-0.4, -0.2) is 46.5 Å². The molecule has 122 valence electrons. The molecule has 0 saturated carbocycles. The molecular formula is C16H18ClN3O3. The van der Waals surface area contributed by atoms with E-state index < -0.39 is 6.03 Å². The van der Waals surface area contributed by atoms with E-state index in [-0.39, 0.29) is 18.4 Å². The van der Waals surface area contributed by atoms with Crippen LogP contribution in [-0.2, 0) is 0 Å². The van der Waals surface area contributed by atoms with Crippen LogP contribution in [0.3, 0.4) is 0 Å². The lowest BCUT2D eigenvalue weighted by Crippen LogP contribution is -2.40. The highest BCUT2D eigenvalue weighted by Gasteiger charge is 2.20. The van der Waals surface area contributed by atoms with Crippen molar-refractivity contribution in [3.8, 4) is 0 Å². The number of nitrogens with one attached hydrogen (secondary N) is 2. The van der Waals surface area contributed by atoms with E-state index in [1.54, 1.807) is 44.4 Å². The fraction of sp³-hybridized carbons (Fsp3) is 0.250. The second-order valence-electron chi connectivity index (χ2n) is 5.18. The van der Waals surface area contributed by atoms with Gasteiger partial charge in [0.05, 0.1) is 24.0 Å². The number of nitrogens with zero attached hydrogens (tertiary/aromatic N) is 1. The Morgan fingerprint density at radius 3 is 2.74 bits per heavy atom. The molecule has 6 nitrogen and oxygen atoms in total. The minimum absolute atomic E-state index is 0.154. The van der Waals surface area contributed by atoms with Crippen molar-refractivity contribution in [3.05, 3.63) is 52.8 Å². The largest absolute Gasteiger partial charge is 0.394 e. The highest BCUT2D eigenvalue weighted by atomic mass is 35.5. The van der Waals surface area contributed by atoms with Crippen LogP contribution < -0.4 is 5.32 Å². The van der Waals surface area contributed by atoms with E-state index in [0.29, 0.717) is 22.0 Å². The lowest BCUT2D eigenvalue weighted by molar-refractivity contribution is 0.103. The van der Waals surface area contributed by atoms with Crippen molar-refractivity contribution in [2.45, 2.75) is 13.0 Å². The average Bonchev–Trinajstić information content (AvgIpc) is 3.08. The smallest absolute Gasteiger partial charge is 0.321 e. The van der Waals surface area contributed by atoms with Gasteiger partial charge in [0.2, 0.25) is 5.78 Å². The van der Waals surface area contributed by atoms with Gasteiger partial charge in [0, 0.05) is 23.8 Å². The number of carbonyl (C=O) groups excluding carboxylic acids is 2. The van der Waals surface area contributed by atoms with E-state index in [0.717, 1.165) is 0 Å². The molecule has 0 fully saturated rings. The van der Waals surface area contributed by atoms with Crippen LogP contribution in [0.15, 0.2) is 36.5 Å². The first-order valence-corrected chi connectivity index (χ1v) is 7.44. The summed E-state index contributed by atoms with van der Waals surface area (Å²) >= 11 is 5.98. The summed E-state index contributed by atoms with van der Waals surface area (Å²) in [6.07, 6.45) is 1.65. The number of aromatic nitrogens is 1. The Kier molecular flexibility index (Phi) is 5.41. The van der Waals surface area contributed by atoms with Gasteiger partial charge in [0.15, 0.2) is 0 Å². The molecule has 0 saturated heterocycles. The minimum Gasteiger partial charge on any atom is -0.394 e. The fourth-order valence-electron chi connectivity index (χ4n) is 1.96. The van der Waals surface area contributed by atoms with Crippen molar-refractivity contribution in [2.24, 2.45) is 0 Å². The molecule has 1 aromatic heterocycles. The van der Waals surface area contributed by atoms with Crippen molar-refractivity contribution in [1.29, 1.82) is 0 Å². The Labute approximate surface area is 139 Å². The lowest BCUT2D eigenvalue weighted by Gasteiger charge is -2.24. The van der Waals surface area contributed by atoms with Gasteiger partial charge in [-0.2, -0.15) is 0 Å². The molecule has 3 N–H and O–H groups in total. The summed E-state index contributed by atoms with van der Waals surface area (Å²) in [6.45, 7) is 1.56. The second-order valence-corrected chi connectivity index (χ2v) is 5.61. The first-order valence-electron chi connectivity index (χ1n) is 7.06. The first-order chi connectivity index (χ1) is 10.9. The fourth-order valence-corrected chi connectivity index (χ4v) is 2.13. The average molecular weight is 336 g/mol. The molecule has 2 rings (SSSR count). The van der Waals surface area contributed by atoms with Crippen molar-refractivity contribution in [2.75, 3.05) is 19.0 Å². The summed E-state index contributed by atoms with van der Waals surface area (Å²) < 4.78 is 0. The Morgan fingerprint density at radius 2 is 2.13 bits per heavy atom. The van der Waals surface area contributed by atoms with Crippen LogP contribution in [0.4, 0.5) is 10.5 Å². The van der Waals surface area contributed by atoms with E-state index in [4.69, 9.17) is 16.7 Å². The number of H-pyrrole nitrogens is 1. The number of hydrogen-bond donors (Lipinski definition) is 3. The predicted octanol–water partition coefficient (Wildman–Crippen LogP) is 2.74. The third-order valence-electron chi connectivity index (χ3n) is 3.56. The molecule has 0 unspecified atom stereocenters. The Balaban J connectivity index is 2.29. The number of amides is 2. The number of halogens is 1. The monoisotopic (exact) mass is 335 g/mol. The van der Waals surface area contributed by atoms with Gasteiger partial charge < -0.3 is 20.3 Å². The molecule has 0 spiro atoms. The van der Waals surface area contributed by atoms with Gasteiger partial charge in [0.1, 0.15) is 0 Å². The van der Waals surface area contributed by atoms with Crippen molar-refractivity contribution in [3.63, 3.8) is 0 Å². The van der Waals surface area contributed by atoms with Gasteiger partial charge >= 0.3 is 6.03 Å². The SMILES string of the molecule is C[C@@H](CO)N(C)C(=O)Nc1ccc(Cl)cc1C(=O)c1ccc[nH]1. The third kappa shape index (κ3) is 3.91. The summed E-state index contributed by atoms with van der Waals surface area (Å²) in [6, 6.07) is 7.28. The van der Waals surface area contributed by atoms with Crippen LogP contribution in [0, 0.1) is 0 Å². The Morgan fingerprint density at radius 1 is 1.39 bits per heavy atom. The molecule has 1 aromatic carbocycles. The maximum absolute atomic E-state index is 12.5. The number of likely N-dealkylation sites (N-methyl/N-ethyl adjacent to an activating group) is 1. The highest BCUT2D eigenvalue weighted by molar-refractivity contribution is 6.31. The van der Waals surface area contributed by atoms with Gasteiger partial charge in [-0.05, 0) is 37.3 Å². The molecule has 0 radical (unpaired) electrons. The van der Waals surface area contributed by atoms with Crippen LogP contribution in [0.5, 0.6) is 0 Å². The molecule has 2 aromatic rings. The van der Waals surface area contributed by atoms with Gasteiger partial charge in [-0.3, -0.25) is 4.79 Å². The molecule has 7 heteroatoms. The molecule has 0 aliphatic heterocycles. The van der Waals surface area contributed by atoms with E-state index in [9.17, 15) is 9.59 Å². The molecule has 0 aliphatic rings. The van der Waals surface area contributed by atoms with Crippen LogP contribution in [0.2, 0.25) is 5.02 Å². The van der Waals surface area contributed by atoms with Crippen LogP contribution in [0.1, 0.15) is 23.0 Å². The molecular weight excluding hydrogens is 318 g/mol. The van der Waals surface area contributed by atoms with Gasteiger partial charge in [-0.15, -0.1) is 0 Å². The zero-order valence-corrected chi connectivity index (χ0v) is 13.6. The number of ketones is 1. The Hall–Kier alpha value is -2.31. The maximum Gasteiger partial charge on any atom is 0.321 e. The number of benzene rings is 1. The van der Waals surface area contributed by atoms with Crippen molar-refractivity contribution in [1.82, 2.24) is 9.88 Å². The quantitative estimate of drug-likeness (QED) is 0.734. The van der Waals surface area contributed by atoms with E-state index in [2.05, 4.69) is 10.3 Å². The molecule has 1 heterocycles. The van der Waals surface area contributed by atoms with Crippen molar-refractivity contribution < 1.29 is 14.7 Å². The number of aromatic amines is 1. The summed E-state index contributed by atoms with van der Waals surface area (Å²) in [4.78, 5) is 28.9. The zero-order valence-electron chi connectivity index (χ0n) is 12.8. The van der Waals surface area contributed by atoms with E-state index in [1.165, 1.54) is 11.0 Å². The summed E-state index contributed by atoms with van der Waals surface area (Å²) in [5.74, 6) is -0.273. The van der Waals surface area contributed by atoms with Gasteiger partial charge in [-0.1, -0.05) is 11.6 Å². The number of anilines is 1. The molecule has 2 amide bonds. The molecule has 23 heavy (non-hydrogen) atoms. The standard InChI is InChI=1S/C16H18ClN3O3/c1-10(9-21)20(2)16(23)19-13-6-5-11(17)8-12(13)15(22)14-4-3-7-18-14/h3-8,10,18,21H,9H2,1-2H3,(H,19,23)/t10-/m0/s1. The summed E-state index contributed by atoms with van der Waals surface area (Å²) in [5, 5.41) is 12.2. The summed E-state index contributed by atoms with van der Waals surface area (Å²) in [7, 11) is 1.57. The number of aliphatic hydroxyl groups excluding tert-OH is 1. The molecule has 1 atom stereocenters. The van der Waals surface area contributed by atoms with E-state index in [1.807, 2.05) is 0 Å². The minimum atomic E-state index is -0.422. The topological polar surface area (TPSA) is 85.4 Å². The van der Waals surface area contributed by atoms with Gasteiger partial charge in [0.25, 0.3) is 0 Å². The first kappa shape index (κ1) is 17.1. The summed E-state index contributed by atoms with van der Waals surface area (Å²) in [5.41, 5.74) is 1.05. The van der Waals surface area contributed by atoms with Crippen molar-refractivity contribution >= 4 is 29.1 Å². The second kappa shape index (κ2) is 7.30. The number of carbonyl (C=O) groups is 2. The molecule has 0 bridgehead atoms. The van der Waals surface area contributed by atoms with Gasteiger partial charge in [-0.25, -0.2) is 4.79 Å². The molecule has 0 aliphatic carbocycles. The van der Waals surface area contributed by atoms with Crippen LogP contribution in [0.25, 0.3) is 0 Å². The number of rotatable bonds is 5. The highest BCUT2D eigenvalue weighted by Crippen LogP contribution is 2.23. The maximum atomic E-state index is 12.5. The predicted molar refractivity (Wildman–Crippen MR) is 89.0 cm³/mol. The Bertz CT molecular complexity index is 701.